The predicted molar refractivity (Wildman–Crippen MR) is 87.4 cm³/mol. The van der Waals surface area contributed by atoms with Crippen LogP contribution in [0.3, 0.4) is 0 Å². The Kier molecular flexibility index (Phi) is 3.86. The summed E-state index contributed by atoms with van der Waals surface area (Å²) in [5.41, 5.74) is 1.57. The molecule has 0 aliphatic heterocycles. The number of nitrogens with zero attached hydrogens (tertiary/aromatic N) is 2. The molecule has 3 aromatic rings. The second-order valence-electron chi connectivity index (χ2n) is 4.53. The molecule has 0 unspecified atom stereocenters. The van der Waals surface area contributed by atoms with E-state index in [0.29, 0.717) is 32.9 Å². The predicted octanol–water partition coefficient (Wildman–Crippen LogP) is 5.81. The number of fused-ring (bicyclic) bond motifs is 1. The lowest BCUT2D eigenvalue weighted by atomic mass is 10.1. The normalized spacial score (nSPS) is 11.1. The molecule has 0 N–H and O–H groups in total. The summed E-state index contributed by atoms with van der Waals surface area (Å²) >= 11 is 15.7. The Balaban J connectivity index is 2.31. The van der Waals surface area contributed by atoms with Gasteiger partial charge in [0, 0.05) is 21.0 Å². The van der Waals surface area contributed by atoms with Gasteiger partial charge >= 0.3 is 0 Å². The molecular weight excluding hydrogens is 378 g/mol. The van der Waals surface area contributed by atoms with E-state index >= 15 is 0 Å². The van der Waals surface area contributed by atoms with E-state index in [-0.39, 0.29) is 11.0 Å². The molecule has 0 amide bonds. The van der Waals surface area contributed by atoms with Crippen LogP contribution >= 0.6 is 39.1 Å². The van der Waals surface area contributed by atoms with E-state index in [2.05, 4.69) is 25.9 Å². The van der Waals surface area contributed by atoms with Crippen molar-refractivity contribution in [1.29, 1.82) is 0 Å². The van der Waals surface area contributed by atoms with E-state index in [4.69, 9.17) is 23.2 Å². The van der Waals surface area contributed by atoms with Gasteiger partial charge in [0.1, 0.15) is 11.0 Å². The number of aromatic nitrogens is 2. The van der Waals surface area contributed by atoms with Crippen LogP contribution in [0.25, 0.3) is 22.3 Å². The van der Waals surface area contributed by atoms with Crippen LogP contribution in [0.15, 0.2) is 34.8 Å². The Labute approximate surface area is 139 Å². The number of rotatable bonds is 1. The minimum absolute atomic E-state index is 0.275. The zero-order valence-electron chi connectivity index (χ0n) is 10.8. The molecule has 1 aromatic heterocycles. The number of hydrogen-bond acceptors (Lipinski definition) is 2. The molecule has 3 rings (SSSR count). The monoisotopic (exact) mass is 384 g/mol. The van der Waals surface area contributed by atoms with Gasteiger partial charge in [0.05, 0.1) is 10.5 Å². The van der Waals surface area contributed by atoms with E-state index in [1.807, 2.05) is 6.07 Å². The highest BCUT2D eigenvalue weighted by atomic mass is 79.9. The smallest absolute Gasteiger partial charge is 0.163 e. The van der Waals surface area contributed by atoms with Crippen LogP contribution < -0.4 is 0 Å². The second-order valence-corrected chi connectivity index (χ2v) is 6.21. The molecule has 0 saturated heterocycles. The highest BCUT2D eigenvalue weighted by Crippen LogP contribution is 2.32. The molecule has 0 saturated carbocycles. The van der Waals surface area contributed by atoms with E-state index in [9.17, 15) is 4.39 Å². The molecule has 0 bridgehead atoms. The van der Waals surface area contributed by atoms with Crippen LogP contribution in [0.5, 0.6) is 0 Å². The van der Waals surface area contributed by atoms with Gasteiger partial charge in [0.25, 0.3) is 0 Å². The number of hydrogen-bond donors (Lipinski definition) is 0. The fraction of sp³-hybridized carbons (Fsp3) is 0.0667. The average Bonchev–Trinajstić information content (AvgIpc) is 2.43. The average molecular weight is 386 g/mol. The Morgan fingerprint density at radius 3 is 2.57 bits per heavy atom. The zero-order chi connectivity index (χ0) is 15.1. The van der Waals surface area contributed by atoms with Crippen LogP contribution in [-0.4, -0.2) is 9.97 Å². The van der Waals surface area contributed by atoms with Gasteiger partial charge in [-0.2, -0.15) is 0 Å². The molecule has 0 spiro atoms. The fourth-order valence-corrected chi connectivity index (χ4v) is 3.05. The third-order valence-corrected chi connectivity index (χ3v) is 4.28. The molecule has 2 aromatic carbocycles. The summed E-state index contributed by atoms with van der Waals surface area (Å²) in [5, 5.41) is 1.39. The summed E-state index contributed by atoms with van der Waals surface area (Å²) in [5.74, 6) is 0.0452. The standard InChI is InChI=1S/C15H8BrCl2FN2/c1-7-12(19)5-4-10-13(7)20-15(21-14(10)18)9-3-2-8(16)6-11(9)17/h2-6H,1H3. The van der Waals surface area contributed by atoms with Gasteiger partial charge in [-0.15, -0.1) is 0 Å². The van der Waals surface area contributed by atoms with Crippen LogP contribution in [0.1, 0.15) is 5.56 Å². The summed E-state index contributed by atoms with van der Waals surface area (Å²) in [7, 11) is 0. The Hall–Kier alpha value is -1.23. The van der Waals surface area contributed by atoms with Gasteiger partial charge in [0.2, 0.25) is 0 Å². The molecule has 21 heavy (non-hydrogen) atoms. The maximum absolute atomic E-state index is 13.7. The van der Waals surface area contributed by atoms with E-state index in [1.165, 1.54) is 6.07 Å². The van der Waals surface area contributed by atoms with E-state index < -0.39 is 0 Å². The molecule has 0 fully saturated rings. The van der Waals surface area contributed by atoms with Crippen molar-refractivity contribution in [3.8, 4) is 11.4 Å². The first kappa shape index (κ1) is 14.7. The largest absolute Gasteiger partial charge is 0.227 e. The van der Waals surface area contributed by atoms with Gasteiger partial charge in [-0.3, -0.25) is 0 Å². The molecule has 6 heteroatoms. The number of aryl methyl sites for hydroxylation is 1. The highest BCUT2D eigenvalue weighted by molar-refractivity contribution is 9.10. The zero-order valence-corrected chi connectivity index (χ0v) is 13.9. The third-order valence-electron chi connectivity index (χ3n) is 3.18. The van der Waals surface area contributed by atoms with Crippen LogP contribution in [0, 0.1) is 12.7 Å². The van der Waals surface area contributed by atoms with Gasteiger partial charge < -0.3 is 0 Å². The quantitative estimate of drug-likeness (QED) is 0.493. The van der Waals surface area contributed by atoms with Crippen molar-refractivity contribution >= 4 is 50.0 Å². The Morgan fingerprint density at radius 2 is 1.86 bits per heavy atom. The highest BCUT2D eigenvalue weighted by Gasteiger charge is 2.14. The minimum atomic E-state index is -0.329. The molecule has 0 atom stereocenters. The fourth-order valence-electron chi connectivity index (χ4n) is 2.06. The SMILES string of the molecule is Cc1c(F)ccc2c(Cl)nc(-c3ccc(Br)cc3Cl)nc12. The topological polar surface area (TPSA) is 25.8 Å². The molecule has 106 valence electrons. The second kappa shape index (κ2) is 5.52. The van der Waals surface area contributed by atoms with Crippen LogP contribution in [0.4, 0.5) is 4.39 Å². The first-order valence-electron chi connectivity index (χ1n) is 6.05. The van der Waals surface area contributed by atoms with Gasteiger partial charge in [-0.25, -0.2) is 14.4 Å². The Bertz CT molecular complexity index is 868. The van der Waals surface area contributed by atoms with E-state index in [1.54, 1.807) is 25.1 Å². The van der Waals surface area contributed by atoms with Crippen molar-refractivity contribution in [2.45, 2.75) is 6.92 Å². The van der Waals surface area contributed by atoms with Crippen molar-refractivity contribution < 1.29 is 4.39 Å². The maximum Gasteiger partial charge on any atom is 0.163 e. The van der Waals surface area contributed by atoms with Gasteiger partial charge in [0.15, 0.2) is 5.82 Å². The van der Waals surface area contributed by atoms with Crippen molar-refractivity contribution in [3.63, 3.8) is 0 Å². The third kappa shape index (κ3) is 2.63. The summed E-state index contributed by atoms with van der Waals surface area (Å²) in [6.45, 7) is 1.66. The molecule has 0 aliphatic rings. The number of halogens is 4. The molecule has 0 radical (unpaired) electrons. The minimum Gasteiger partial charge on any atom is -0.227 e. The Morgan fingerprint density at radius 1 is 1.10 bits per heavy atom. The molecule has 1 heterocycles. The van der Waals surface area contributed by atoms with Crippen molar-refractivity contribution in [1.82, 2.24) is 9.97 Å². The van der Waals surface area contributed by atoms with Crippen LogP contribution in [0.2, 0.25) is 10.2 Å². The van der Waals surface area contributed by atoms with Crippen LogP contribution in [-0.2, 0) is 0 Å². The lowest BCUT2D eigenvalue weighted by Crippen LogP contribution is -1.96. The number of benzene rings is 2. The lowest BCUT2D eigenvalue weighted by Gasteiger charge is -2.08. The van der Waals surface area contributed by atoms with Gasteiger partial charge in [-0.05, 0) is 37.3 Å². The molecule has 2 nitrogen and oxygen atoms in total. The molecular formula is C15H8BrCl2FN2. The first-order valence-corrected chi connectivity index (χ1v) is 7.60. The first-order chi connectivity index (χ1) is 9.97. The van der Waals surface area contributed by atoms with Gasteiger partial charge in [-0.1, -0.05) is 39.1 Å². The van der Waals surface area contributed by atoms with Crippen molar-refractivity contribution in [2.75, 3.05) is 0 Å². The summed E-state index contributed by atoms with van der Waals surface area (Å²) in [6, 6.07) is 8.31. The maximum atomic E-state index is 13.7. The van der Waals surface area contributed by atoms with E-state index in [0.717, 1.165) is 4.47 Å². The van der Waals surface area contributed by atoms with Crippen molar-refractivity contribution in [3.05, 3.63) is 56.4 Å². The lowest BCUT2D eigenvalue weighted by molar-refractivity contribution is 0.620. The summed E-state index contributed by atoms with van der Waals surface area (Å²) in [4.78, 5) is 8.69. The van der Waals surface area contributed by atoms with Crippen molar-refractivity contribution in [2.24, 2.45) is 0 Å². The molecule has 0 aliphatic carbocycles. The summed E-state index contributed by atoms with van der Waals surface area (Å²) in [6.07, 6.45) is 0. The summed E-state index contributed by atoms with van der Waals surface area (Å²) < 4.78 is 14.6.